The van der Waals surface area contributed by atoms with Gasteiger partial charge >= 0.3 is 0 Å². The molecular weight excluding hydrogens is 494 g/mol. The Labute approximate surface area is 217 Å². The Kier molecular flexibility index (Phi) is 9.20. The molecule has 4 aromatic rings. The smallest absolute Gasteiger partial charge is 0.230 e. The molecule has 0 aliphatic rings. The minimum absolute atomic E-state index is 0.104. The highest BCUT2D eigenvalue weighted by Gasteiger charge is 2.11. The fraction of sp³-hybridized carbons (Fsp3) is 0.280. The van der Waals surface area contributed by atoms with Crippen molar-refractivity contribution < 1.29 is 9.59 Å². The van der Waals surface area contributed by atoms with Crippen molar-refractivity contribution in [3.05, 3.63) is 81.3 Å². The Morgan fingerprint density at radius 1 is 0.694 bits per heavy atom. The SMILES string of the molecule is NCc1cccc(CC(=O)Nc2nnc(CCCCc3nnc(NC(=O)Cc4ccccc4)s3)s2)c1. The number of anilines is 2. The summed E-state index contributed by atoms with van der Waals surface area (Å²) in [6, 6.07) is 17.3. The zero-order valence-corrected chi connectivity index (χ0v) is 21.3. The molecule has 9 nitrogen and oxygen atoms in total. The molecule has 0 unspecified atom stereocenters. The highest BCUT2D eigenvalue weighted by atomic mass is 32.1. The van der Waals surface area contributed by atoms with Crippen LogP contribution < -0.4 is 16.4 Å². The second kappa shape index (κ2) is 13.0. The van der Waals surface area contributed by atoms with Gasteiger partial charge in [-0.2, -0.15) is 0 Å². The number of hydrogen-bond acceptors (Lipinski definition) is 9. The molecule has 0 aliphatic carbocycles. The number of benzene rings is 2. The van der Waals surface area contributed by atoms with Crippen LogP contribution in [0.1, 0.15) is 39.5 Å². The summed E-state index contributed by atoms with van der Waals surface area (Å²) in [5, 5.41) is 24.9. The molecule has 0 fully saturated rings. The topological polar surface area (TPSA) is 136 Å². The lowest BCUT2D eigenvalue weighted by Gasteiger charge is -2.03. The zero-order valence-electron chi connectivity index (χ0n) is 19.6. The Morgan fingerprint density at radius 3 is 1.81 bits per heavy atom. The van der Waals surface area contributed by atoms with Crippen LogP contribution in [0.2, 0.25) is 0 Å². The summed E-state index contributed by atoms with van der Waals surface area (Å²) in [7, 11) is 0. The van der Waals surface area contributed by atoms with Gasteiger partial charge < -0.3 is 16.4 Å². The number of amides is 2. The monoisotopic (exact) mass is 521 g/mol. The number of carbonyl (C=O) groups is 2. The molecule has 0 saturated heterocycles. The van der Waals surface area contributed by atoms with Crippen LogP contribution in [0.25, 0.3) is 0 Å². The molecule has 0 saturated carbocycles. The molecule has 0 aliphatic heterocycles. The van der Waals surface area contributed by atoms with Crippen LogP contribution in [0.15, 0.2) is 54.6 Å². The molecule has 0 atom stereocenters. The van der Waals surface area contributed by atoms with E-state index in [2.05, 4.69) is 31.0 Å². The van der Waals surface area contributed by atoms with Crippen molar-refractivity contribution in [3.63, 3.8) is 0 Å². The van der Waals surface area contributed by atoms with E-state index in [0.717, 1.165) is 52.4 Å². The van der Waals surface area contributed by atoms with E-state index in [1.807, 2.05) is 54.6 Å². The molecular formula is C25H27N7O2S2. The third kappa shape index (κ3) is 8.01. The molecule has 4 rings (SSSR count). The Balaban J connectivity index is 1.15. The maximum Gasteiger partial charge on any atom is 0.230 e. The number of nitrogens with two attached hydrogens (primary N) is 1. The fourth-order valence-corrected chi connectivity index (χ4v) is 5.12. The van der Waals surface area contributed by atoms with E-state index in [0.29, 0.717) is 23.2 Å². The summed E-state index contributed by atoms with van der Waals surface area (Å²) in [4.78, 5) is 24.5. The van der Waals surface area contributed by atoms with Crippen LogP contribution in [-0.4, -0.2) is 32.2 Å². The van der Waals surface area contributed by atoms with Crippen molar-refractivity contribution in [1.29, 1.82) is 0 Å². The first-order valence-corrected chi connectivity index (χ1v) is 13.3. The average Bonchev–Trinajstić information content (AvgIpc) is 3.51. The number of aromatic nitrogens is 4. The van der Waals surface area contributed by atoms with Gasteiger partial charge in [0.15, 0.2) is 0 Å². The van der Waals surface area contributed by atoms with E-state index < -0.39 is 0 Å². The number of aryl methyl sites for hydroxylation is 2. The summed E-state index contributed by atoms with van der Waals surface area (Å²) in [5.74, 6) is -0.234. The molecule has 2 aromatic heterocycles. The number of nitrogens with one attached hydrogen (secondary N) is 2. The van der Waals surface area contributed by atoms with Crippen LogP contribution in [-0.2, 0) is 41.8 Å². The first-order chi connectivity index (χ1) is 17.6. The van der Waals surface area contributed by atoms with Gasteiger partial charge in [-0.05, 0) is 29.5 Å². The summed E-state index contributed by atoms with van der Waals surface area (Å²) in [6.07, 6.45) is 3.93. The summed E-state index contributed by atoms with van der Waals surface area (Å²) >= 11 is 2.79. The predicted molar refractivity (Wildman–Crippen MR) is 142 cm³/mol. The van der Waals surface area contributed by atoms with Crippen molar-refractivity contribution in [2.24, 2.45) is 5.73 Å². The standard InChI is InChI=1S/C25H27N7O2S2/c26-16-19-10-6-9-18(13-19)15-21(34)28-25-32-30-23(36-25)12-5-4-11-22-29-31-24(35-22)27-20(33)14-17-7-2-1-3-8-17/h1-3,6-10,13H,4-5,11-12,14-16,26H2,(H,27,31,33)(H,28,32,34). The number of carbonyl (C=O) groups excluding carboxylic acids is 2. The molecule has 0 bridgehead atoms. The van der Waals surface area contributed by atoms with Crippen molar-refractivity contribution in [1.82, 2.24) is 20.4 Å². The highest BCUT2D eigenvalue weighted by Crippen LogP contribution is 2.20. The van der Waals surface area contributed by atoms with E-state index >= 15 is 0 Å². The molecule has 186 valence electrons. The largest absolute Gasteiger partial charge is 0.326 e. The Hall–Kier alpha value is -3.54. The van der Waals surface area contributed by atoms with Crippen molar-refractivity contribution in [3.8, 4) is 0 Å². The van der Waals surface area contributed by atoms with Gasteiger partial charge in [-0.25, -0.2) is 0 Å². The van der Waals surface area contributed by atoms with Crippen molar-refractivity contribution in [2.75, 3.05) is 10.6 Å². The van der Waals surface area contributed by atoms with Gasteiger partial charge in [0.25, 0.3) is 0 Å². The van der Waals surface area contributed by atoms with Crippen LogP contribution in [0.4, 0.5) is 10.3 Å². The number of rotatable bonds is 12. The van der Waals surface area contributed by atoms with Gasteiger partial charge in [0.1, 0.15) is 10.0 Å². The fourth-order valence-electron chi connectivity index (χ4n) is 3.52. The molecule has 0 radical (unpaired) electrons. The Bertz CT molecular complexity index is 1290. The minimum Gasteiger partial charge on any atom is -0.326 e. The molecule has 11 heteroatoms. The molecule has 2 aromatic carbocycles. The normalized spacial score (nSPS) is 10.8. The van der Waals surface area contributed by atoms with Gasteiger partial charge in [-0.15, -0.1) is 20.4 Å². The average molecular weight is 522 g/mol. The van der Waals surface area contributed by atoms with Gasteiger partial charge in [-0.3, -0.25) is 9.59 Å². The number of unbranched alkanes of at least 4 members (excludes halogenated alkanes) is 1. The zero-order chi connectivity index (χ0) is 25.2. The highest BCUT2D eigenvalue weighted by molar-refractivity contribution is 7.15. The van der Waals surface area contributed by atoms with Crippen LogP contribution in [0, 0.1) is 0 Å². The number of nitrogens with zero attached hydrogens (tertiary/aromatic N) is 4. The lowest BCUT2D eigenvalue weighted by atomic mass is 10.1. The maximum absolute atomic E-state index is 12.3. The summed E-state index contributed by atoms with van der Waals surface area (Å²) in [5.41, 5.74) is 8.53. The molecule has 2 amide bonds. The molecule has 4 N–H and O–H groups in total. The van der Waals surface area contributed by atoms with Gasteiger partial charge in [-0.1, -0.05) is 77.3 Å². The molecule has 36 heavy (non-hydrogen) atoms. The minimum atomic E-state index is -0.130. The second-order valence-electron chi connectivity index (χ2n) is 8.17. The second-order valence-corrected chi connectivity index (χ2v) is 10.3. The lowest BCUT2D eigenvalue weighted by molar-refractivity contribution is -0.116. The van der Waals surface area contributed by atoms with Crippen LogP contribution >= 0.6 is 22.7 Å². The first kappa shape index (κ1) is 25.5. The van der Waals surface area contributed by atoms with E-state index in [4.69, 9.17) is 5.73 Å². The van der Waals surface area contributed by atoms with Gasteiger partial charge in [0.2, 0.25) is 22.1 Å². The van der Waals surface area contributed by atoms with Crippen LogP contribution in [0.3, 0.4) is 0 Å². The van der Waals surface area contributed by atoms with E-state index in [1.165, 1.54) is 22.7 Å². The molecule has 0 spiro atoms. The van der Waals surface area contributed by atoms with E-state index in [1.54, 1.807) is 0 Å². The predicted octanol–water partition coefficient (Wildman–Crippen LogP) is 3.78. The third-order valence-corrected chi connectivity index (χ3v) is 7.05. The third-order valence-electron chi connectivity index (χ3n) is 5.26. The quantitative estimate of drug-likeness (QED) is 0.241. The van der Waals surface area contributed by atoms with E-state index in [9.17, 15) is 9.59 Å². The van der Waals surface area contributed by atoms with Gasteiger partial charge in [0.05, 0.1) is 12.8 Å². The first-order valence-electron chi connectivity index (χ1n) is 11.6. The van der Waals surface area contributed by atoms with Crippen molar-refractivity contribution in [2.45, 2.75) is 45.1 Å². The number of hydrogen-bond donors (Lipinski definition) is 3. The van der Waals surface area contributed by atoms with Crippen molar-refractivity contribution >= 4 is 44.8 Å². The Morgan fingerprint density at radius 2 is 1.22 bits per heavy atom. The maximum atomic E-state index is 12.3. The molecule has 2 heterocycles. The van der Waals surface area contributed by atoms with Gasteiger partial charge in [0, 0.05) is 19.4 Å². The summed E-state index contributed by atoms with van der Waals surface area (Å²) in [6.45, 7) is 0.445. The van der Waals surface area contributed by atoms with E-state index in [-0.39, 0.29) is 18.2 Å². The van der Waals surface area contributed by atoms with Crippen LogP contribution in [0.5, 0.6) is 0 Å². The summed E-state index contributed by atoms with van der Waals surface area (Å²) < 4.78 is 0. The lowest BCUT2D eigenvalue weighted by Crippen LogP contribution is -2.14.